The van der Waals surface area contributed by atoms with Gasteiger partial charge in [0.2, 0.25) is 5.91 Å². The third-order valence-electron chi connectivity index (χ3n) is 3.52. The molecule has 0 aromatic carbocycles. The molecule has 1 heterocycles. The minimum Gasteiger partial charge on any atom is -0.481 e. The van der Waals surface area contributed by atoms with Crippen molar-refractivity contribution < 1.29 is 14.7 Å². The molecule has 0 radical (unpaired) electrons. The van der Waals surface area contributed by atoms with Gasteiger partial charge in [-0.15, -0.1) is 11.3 Å². The van der Waals surface area contributed by atoms with E-state index in [0.29, 0.717) is 19.3 Å². The number of hydrogen-bond acceptors (Lipinski definition) is 4. The van der Waals surface area contributed by atoms with Crippen LogP contribution in [0, 0.1) is 18.8 Å². The van der Waals surface area contributed by atoms with Crippen molar-refractivity contribution in [2.24, 2.45) is 11.8 Å². The maximum absolute atomic E-state index is 12.1. The Labute approximate surface area is 116 Å². The number of carboxylic acid groups (broad SMARTS) is 1. The highest BCUT2D eigenvalue weighted by Gasteiger charge is 2.34. The van der Waals surface area contributed by atoms with E-state index in [0.717, 1.165) is 9.88 Å². The Kier molecular flexibility index (Phi) is 4.19. The second-order valence-corrected chi connectivity index (χ2v) is 6.35. The van der Waals surface area contributed by atoms with Crippen LogP contribution in [0.25, 0.3) is 0 Å². The van der Waals surface area contributed by atoms with Gasteiger partial charge in [0.05, 0.1) is 12.0 Å². The fraction of sp³-hybridized carbons (Fsp3) is 0.615. The Balaban J connectivity index is 1.89. The number of thiazole rings is 1. The van der Waals surface area contributed by atoms with Gasteiger partial charge in [-0.25, -0.2) is 4.98 Å². The third-order valence-corrected chi connectivity index (χ3v) is 4.62. The summed E-state index contributed by atoms with van der Waals surface area (Å²) in [6, 6.07) is -0.116. The summed E-state index contributed by atoms with van der Waals surface area (Å²) in [5.41, 5.74) is 0. The van der Waals surface area contributed by atoms with Crippen molar-refractivity contribution in [1.29, 1.82) is 0 Å². The largest absolute Gasteiger partial charge is 0.481 e. The number of aliphatic carboxylic acids is 1. The van der Waals surface area contributed by atoms with Crippen LogP contribution in [0.15, 0.2) is 6.20 Å². The summed E-state index contributed by atoms with van der Waals surface area (Å²) in [6.07, 6.45) is 3.49. The highest BCUT2D eigenvalue weighted by Crippen LogP contribution is 2.31. The number of nitrogens with zero attached hydrogens (tertiary/aromatic N) is 1. The average Bonchev–Trinajstić information content (AvgIpc) is 2.96. The van der Waals surface area contributed by atoms with Crippen molar-refractivity contribution in [3.63, 3.8) is 0 Å². The van der Waals surface area contributed by atoms with Crippen LogP contribution in [0.2, 0.25) is 0 Å². The van der Waals surface area contributed by atoms with Gasteiger partial charge in [0, 0.05) is 17.0 Å². The van der Waals surface area contributed by atoms with Crippen LogP contribution in [0.3, 0.4) is 0 Å². The first-order valence-electron chi connectivity index (χ1n) is 6.43. The number of carbonyl (C=O) groups is 2. The third kappa shape index (κ3) is 3.32. The number of nitrogens with one attached hydrogen (secondary N) is 1. The van der Waals surface area contributed by atoms with Gasteiger partial charge in [-0.05, 0) is 33.1 Å². The monoisotopic (exact) mass is 282 g/mol. The number of amides is 1. The topological polar surface area (TPSA) is 79.3 Å². The van der Waals surface area contributed by atoms with Crippen LogP contribution in [0.5, 0.6) is 0 Å². The van der Waals surface area contributed by atoms with E-state index in [4.69, 9.17) is 5.11 Å². The summed E-state index contributed by atoms with van der Waals surface area (Å²) in [7, 11) is 0. The second-order valence-electron chi connectivity index (χ2n) is 5.08. The van der Waals surface area contributed by atoms with E-state index in [1.54, 1.807) is 17.5 Å². The molecule has 1 fully saturated rings. The molecule has 1 unspecified atom stereocenters. The highest BCUT2D eigenvalue weighted by atomic mass is 32.1. The van der Waals surface area contributed by atoms with Crippen LogP contribution < -0.4 is 5.32 Å². The summed E-state index contributed by atoms with van der Waals surface area (Å²) in [4.78, 5) is 28.3. The van der Waals surface area contributed by atoms with Crippen LogP contribution in [-0.2, 0) is 9.59 Å². The van der Waals surface area contributed by atoms with E-state index < -0.39 is 5.97 Å². The minimum atomic E-state index is -0.793. The lowest BCUT2D eigenvalue weighted by Crippen LogP contribution is -2.32. The van der Waals surface area contributed by atoms with Crippen LogP contribution >= 0.6 is 11.3 Å². The van der Waals surface area contributed by atoms with Crippen molar-refractivity contribution in [3.05, 3.63) is 16.1 Å². The maximum Gasteiger partial charge on any atom is 0.306 e. The molecule has 3 atom stereocenters. The normalized spacial score (nSPS) is 24.1. The van der Waals surface area contributed by atoms with Crippen LogP contribution in [0.1, 0.15) is 42.1 Å². The summed E-state index contributed by atoms with van der Waals surface area (Å²) in [6.45, 7) is 3.88. The van der Waals surface area contributed by atoms with Crippen molar-refractivity contribution in [2.75, 3.05) is 0 Å². The minimum absolute atomic E-state index is 0.0518. The molecule has 1 aliphatic rings. The van der Waals surface area contributed by atoms with Gasteiger partial charge in [0.1, 0.15) is 5.01 Å². The molecular weight excluding hydrogens is 264 g/mol. The molecule has 19 heavy (non-hydrogen) atoms. The lowest BCUT2D eigenvalue weighted by Gasteiger charge is -2.15. The Bertz CT molecular complexity index is 486. The molecule has 1 amide bonds. The molecule has 1 aromatic heterocycles. The molecule has 2 N–H and O–H groups in total. The molecule has 1 aromatic rings. The predicted molar refractivity (Wildman–Crippen MR) is 71.9 cm³/mol. The van der Waals surface area contributed by atoms with Crippen molar-refractivity contribution in [3.8, 4) is 0 Å². The molecule has 0 saturated heterocycles. The van der Waals surface area contributed by atoms with E-state index >= 15 is 0 Å². The van der Waals surface area contributed by atoms with Gasteiger partial charge in [-0.1, -0.05) is 0 Å². The van der Waals surface area contributed by atoms with Gasteiger partial charge >= 0.3 is 5.97 Å². The zero-order valence-electron chi connectivity index (χ0n) is 11.0. The lowest BCUT2D eigenvalue weighted by molar-refractivity contribution is -0.141. The van der Waals surface area contributed by atoms with Crippen LogP contribution in [0.4, 0.5) is 0 Å². The number of aromatic nitrogens is 1. The Hall–Kier alpha value is -1.43. The van der Waals surface area contributed by atoms with E-state index in [2.05, 4.69) is 10.3 Å². The van der Waals surface area contributed by atoms with E-state index in [-0.39, 0.29) is 23.8 Å². The van der Waals surface area contributed by atoms with Crippen molar-refractivity contribution in [1.82, 2.24) is 10.3 Å². The number of rotatable bonds is 4. The molecule has 5 nitrogen and oxygen atoms in total. The highest BCUT2D eigenvalue weighted by molar-refractivity contribution is 7.11. The van der Waals surface area contributed by atoms with Gasteiger partial charge in [0.25, 0.3) is 0 Å². The molecule has 6 heteroatoms. The van der Waals surface area contributed by atoms with Crippen molar-refractivity contribution >= 4 is 23.2 Å². The SMILES string of the molecule is Cc1cnc(C(C)NC(=O)[C@@H]2CC[C@H](C(=O)O)C2)s1. The quantitative estimate of drug-likeness (QED) is 0.886. The first kappa shape index (κ1) is 14.0. The number of aryl methyl sites for hydroxylation is 1. The molecule has 104 valence electrons. The summed E-state index contributed by atoms with van der Waals surface area (Å²) < 4.78 is 0. The smallest absolute Gasteiger partial charge is 0.306 e. The van der Waals surface area contributed by atoms with Gasteiger partial charge in [0.15, 0.2) is 0 Å². The molecular formula is C13H18N2O3S. The average molecular weight is 282 g/mol. The maximum atomic E-state index is 12.1. The van der Waals surface area contributed by atoms with E-state index in [1.165, 1.54) is 0 Å². The zero-order valence-corrected chi connectivity index (χ0v) is 11.9. The first-order chi connectivity index (χ1) is 8.97. The molecule has 1 aliphatic carbocycles. The number of hydrogen-bond donors (Lipinski definition) is 2. The Morgan fingerprint density at radius 2 is 2.16 bits per heavy atom. The molecule has 0 bridgehead atoms. The van der Waals surface area contributed by atoms with Gasteiger partial charge in [-0.2, -0.15) is 0 Å². The number of carboxylic acids is 1. The fourth-order valence-electron chi connectivity index (χ4n) is 2.41. The molecule has 0 spiro atoms. The summed E-state index contributed by atoms with van der Waals surface area (Å²) >= 11 is 1.57. The lowest BCUT2D eigenvalue weighted by atomic mass is 10.0. The van der Waals surface area contributed by atoms with Crippen LogP contribution in [-0.4, -0.2) is 22.0 Å². The second kappa shape index (κ2) is 5.69. The van der Waals surface area contributed by atoms with E-state index in [1.807, 2.05) is 13.8 Å². The van der Waals surface area contributed by atoms with Gasteiger partial charge in [-0.3, -0.25) is 9.59 Å². The first-order valence-corrected chi connectivity index (χ1v) is 7.24. The Morgan fingerprint density at radius 3 is 2.68 bits per heavy atom. The molecule has 2 rings (SSSR count). The van der Waals surface area contributed by atoms with E-state index in [9.17, 15) is 9.59 Å². The predicted octanol–water partition coefficient (Wildman–Crippen LogP) is 2.13. The summed E-state index contributed by atoms with van der Waals surface area (Å²) in [5.74, 6) is -1.39. The zero-order chi connectivity index (χ0) is 14.0. The fourth-order valence-corrected chi connectivity index (χ4v) is 3.19. The standard InChI is InChI=1S/C13H18N2O3S/c1-7-6-14-12(19-7)8(2)15-11(16)9-3-4-10(5-9)13(17)18/h6,8-10H,3-5H2,1-2H3,(H,15,16)(H,17,18)/t8?,9-,10+/m1/s1. The van der Waals surface area contributed by atoms with Crippen molar-refractivity contribution in [2.45, 2.75) is 39.2 Å². The number of carbonyl (C=O) groups excluding carboxylic acids is 1. The summed E-state index contributed by atoms with van der Waals surface area (Å²) in [5, 5.41) is 12.7. The van der Waals surface area contributed by atoms with Gasteiger partial charge < -0.3 is 10.4 Å². The Morgan fingerprint density at radius 1 is 1.47 bits per heavy atom. The molecule has 1 saturated carbocycles. The molecule has 0 aliphatic heterocycles.